The molecule has 6 nitrogen and oxygen atoms in total. The van der Waals surface area contributed by atoms with E-state index in [1.807, 2.05) is 27.7 Å². The lowest BCUT2D eigenvalue weighted by molar-refractivity contribution is 0.0509. The molecule has 0 aliphatic heterocycles. The van der Waals surface area contributed by atoms with Crippen molar-refractivity contribution in [3.63, 3.8) is 0 Å². The first-order valence-corrected chi connectivity index (χ1v) is 8.46. The number of carbonyl (C=O) groups excluding carboxylic acids is 2. The van der Waals surface area contributed by atoms with Gasteiger partial charge >= 0.3 is 6.09 Å². The summed E-state index contributed by atoms with van der Waals surface area (Å²) in [5.74, 6) is 0.562. The lowest BCUT2D eigenvalue weighted by Crippen LogP contribution is -2.52. The van der Waals surface area contributed by atoms with E-state index in [2.05, 4.69) is 10.6 Å². The molecule has 0 unspecified atom stereocenters. The number of ether oxygens (including phenoxy) is 2. The van der Waals surface area contributed by atoms with Crippen LogP contribution in [0, 0.1) is 6.92 Å². The van der Waals surface area contributed by atoms with Gasteiger partial charge in [-0.3, -0.25) is 4.79 Å². The van der Waals surface area contributed by atoms with Gasteiger partial charge in [-0.15, -0.1) is 0 Å². The summed E-state index contributed by atoms with van der Waals surface area (Å²) in [6.45, 7) is 13.7. The first-order chi connectivity index (χ1) is 11.4. The Balaban J connectivity index is 2.65. The Bertz CT molecular complexity index is 618. The van der Waals surface area contributed by atoms with Crippen molar-refractivity contribution >= 4 is 12.0 Å². The molecule has 0 aliphatic carbocycles. The molecule has 0 aliphatic rings. The fraction of sp³-hybridized carbons (Fsp3) is 0.579. The van der Waals surface area contributed by atoms with Crippen LogP contribution < -0.4 is 15.4 Å². The van der Waals surface area contributed by atoms with Crippen LogP contribution in [-0.4, -0.2) is 36.3 Å². The van der Waals surface area contributed by atoms with Crippen molar-refractivity contribution in [1.29, 1.82) is 0 Å². The molecule has 0 heterocycles. The van der Waals surface area contributed by atoms with Crippen LogP contribution >= 0.6 is 0 Å². The molecular weight excluding hydrogens is 320 g/mol. The van der Waals surface area contributed by atoms with Gasteiger partial charge in [-0.2, -0.15) is 0 Å². The number of amides is 2. The number of hydrogen-bond acceptors (Lipinski definition) is 4. The Labute approximate surface area is 150 Å². The molecule has 0 saturated carbocycles. The highest BCUT2D eigenvalue weighted by atomic mass is 16.6. The summed E-state index contributed by atoms with van der Waals surface area (Å²) in [6.07, 6.45) is -0.508. The predicted octanol–water partition coefficient (Wildman–Crippen LogP) is 3.43. The molecule has 0 spiro atoms. The summed E-state index contributed by atoms with van der Waals surface area (Å²) >= 11 is 0. The van der Waals surface area contributed by atoms with Crippen molar-refractivity contribution in [2.75, 3.05) is 13.2 Å². The molecule has 0 bridgehead atoms. The Morgan fingerprint density at radius 1 is 1.12 bits per heavy atom. The van der Waals surface area contributed by atoms with Crippen molar-refractivity contribution in [3.8, 4) is 5.75 Å². The number of benzene rings is 1. The zero-order chi connectivity index (χ0) is 19.3. The van der Waals surface area contributed by atoms with E-state index in [1.165, 1.54) is 0 Å². The van der Waals surface area contributed by atoms with E-state index in [4.69, 9.17) is 9.47 Å². The van der Waals surface area contributed by atoms with Crippen LogP contribution in [0.2, 0.25) is 0 Å². The van der Waals surface area contributed by atoms with Crippen LogP contribution in [0.25, 0.3) is 0 Å². The summed E-state index contributed by atoms with van der Waals surface area (Å²) in [4.78, 5) is 24.2. The van der Waals surface area contributed by atoms with E-state index in [9.17, 15) is 9.59 Å². The van der Waals surface area contributed by atoms with Gasteiger partial charge in [0.2, 0.25) is 0 Å². The number of nitrogens with one attached hydrogen (secondary N) is 2. The highest BCUT2D eigenvalue weighted by Crippen LogP contribution is 2.19. The van der Waals surface area contributed by atoms with E-state index in [1.54, 1.807) is 39.0 Å². The summed E-state index contributed by atoms with van der Waals surface area (Å²) in [5, 5.41) is 5.60. The topological polar surface area (TPSA) is 76.7 Å². The highest BCUT2D eigenvalue weighted by molar-refractivity contribution is 5.95. The zero-order valence-electron chi connectivity index (χ0n) is 16.3. The van der Waals surface area contributed by atoms with Gasteiger partial charge < -0.3 is 20.1 Å². The minimum atomic E-state index is -0.625. The number of alkyl carbamates (subject to hydrolysis) is 1. The molecular formula is C19H30N2O4. The minimum Gasteiger partial charge on any atom is -0.494 e. The van der Waals surface area contributed by atoms with E-state index in [0.717, 1.165) is 11.3 Å². The van der Waals surface area contributed by atoms with Crippen LogP contribution in [0.5, 0.6) is 5.75 Å². The third-order valence-corrected chi connectivity index (χ3v) is 3.26. The molecule has 1 aromatic rings. The van der Waals surface area contributed by atoms with Gasteiger partial charge in [-0.25, -0.2) is 4.79 Å². The quantitative estimate of drug-likeness (QED) is 0.824. The number of carbonyl (C=O) groups is 2. The molecule has 2 amide bonds. The molecule has 6 heteroatoms. The molecule has 0 aromatic heterocycles. The molecule has 1 aromatic carbocycles. The molecule has 25 heavy (non-hydrogen) atoms. The average Bonchev–Trinajstić information content (AvgIpc) is 2.45. The number of hydrogen-bond donors (Lipinski definition) is 2. The average molecular weight is 350 g/mol. The maximum absolute atomic E-state index is 12.5. The maximum Gasteiger partial charge on any atom is 0.407 e. The summed E-state index contributed by atoms with van der Waals surface area (Å²) in [6, 6.07) is 5.31. The lowest BCUT2D eigenvalue weighted by atomic mass is 10.0. The van der Waals surface area contributed by atoms with Gasteiger partial charge in [0.25, 0.3) is 5.91 Å². The molecule has 0 radical (unpaired) electrons. The first kappa shape index (κ1) is 20.8. The fourth-order valence-electron chi connectivity index (χ4n) is 2.14. The molecule has 0 atom stereocenters. The van der Waals surface area contributed by atoms with Gasteiger partial charge in [0.05, 0.1) is 12.1 Å². The van der Waals surface area contributed by atoms with Gasteiger partial charge in [-0.1, -0.05) is 0 Å². The van der Waals surface area contributed by atoms with E-state index in [0.29, 0.717) is 12.2 Å². The van der Waals surface area contributed by atoms with E-state index >= 15 is 0 Å². The summed E-state index contributed by atoms with van der Waals surface area (Å²) < 4.78 is 10.7. The van der Waals surface area contributed by atoms with Crippen molar-refractivity contribution in [1.82, 2.24) is 10.6 Å². The van der Waals surface area contributed by atoms with Crippen LogP contribution in [0.1, 0.15) is 57.5 Å². The monoisotopic (exact) mass is 350 g/mol. The Hall–Kier alpha value is -2.24. The number of rotatable bonds is 6. The second-order valence-electron chi connectivity index (χ2n) is 7.61. The van der Waals surface area contributed by atoms with Crippen LogP contribution in [0.15, 0.2) is 18.2 Å². The smallest absolute Gasteiger partial charge is 0.407 e. The van der Waals surface area contributed by atoms with Crippen molar-refractivity contribution in [2.45, 2.75) is 59.6 Å². The Morgan fingerprint density at radius 3 is 2.28 bits per heavy atom. The van der Waals surface area contributed by atoms with Gasteiger partial charge in [-0.05, 0) is 72.2 Å². The molecule has 1 rings (SSSR count). The lowest BCUT2D eigenvalue weighted by Gasteiger charge is -2.28. The molecule has 0 saturated heterocycles. The van der Waals surface area contributed by atoms with Gasteiger partial charge in [0.1, 0.15) is 11.4 Å². The minimum absolute atomic E-state index is 0.206. The standard InChI is InChI=1S/C19H30N2O4/c1-8-24-15-10-9-14(11-13(15)2)16(22)21-19(6,7)12-20-17(23)25-18(3,4)5/h9-11H,8,12H2,1-7H3,(H,20,23)(H,21,22). The van der Waals surface area contributed by atoms with Crippen LogP contribution in [0.4, 0.5) is 4.79 Å². The third-order valence-electron chi connectivity index (χ3n) is 3.26. The molecule has 0 fully saturated rings. The third kappa shape index (κ3) is 7.45. The zero-order valence-corrected chi connectivity index (χ0v) is 16.3. The maximum atomic E-state index is 12.5. The van der Waals surface area contributed by atoms with E-state index in [-0.39, 0.29) is 12.5 Å². The largest absolute Gasteiger partial charge is 0.494 e. The second-order valence-corrected chi connectivity index (χ2v) is 7.61. The van der Waals surface area contributed by atoms with Crippen molar-refractivity contribution < 1.29 is 19.1 Å². The summed E-state index contributed by atoms with van der Waals surface area (Å²) in [7, 11) is 0. The SMILES string of the molecule is CCOc1ccc(C(=O)NC(C)(C)CNC(=O)OC(C)(C)C)cc1C. The highest BCUT2D eigenvalue weighted by Gasteiger charge is 2.24. The van der Waals surface area contributed by atoms with Gasteiger partial charge in [0, 0.05) is 12.1 Å². The van der Waals surface area contributed by atoms with Crippen molar-refractivity contribution in [3.05, 3.63) is 29.3 Å². The van der Waals surface area contributed by atoms with Gasteiger partial charge in [0.15, 0.2) is 0 Å². The second kappa shape index (κ2) is 8.23. The van der Waals surface area contributed by atoms with Crippen LogP contribution in [-0.2, 0) is 4.74 Å². The predicted molar refractivity (Wildman–Crippen MR) is 98.1 cm³/mol. The Morgan fingerprint density at radius 2 is 1.76 bits per heavy atom. The fourth-order valence-corrected chi connectivity index (χ4v) is 2.14. The summed E-state index contributed by atoms with van der Waals surface area (Å²) in [5.41, 5.74) is 0.267. The molecule has 2 N–H and O–H groups in total. The first-order valence-electron chi connectivity index (χ1n) is 8.46. The molecule has 140 valence electrons. The van der Waals surface area contributed by atoms with Crippen molar-refractivity contribution in [2.24, 2.45) is 0 Å². The van der Waals surface area contributed by atoms with Crippen LogP contribution in [0.3, 0.4) is 0 Å². The number of aryl methyl sites for hydroxylation is 1. The Kier molecular flexibility index (Phi) is 6.85. The van der Waals surface area contributed by atoms with E-state index < -0.39 is 17.2 Å². The normalized spacial score (nSPS) is 11.6.